The van der Waals surface area contributed by atoms with Gasteiger partial charge in [0.15, 0.2) is 0 Å². The Labute approximate surface area is 114 Å². The van der Waals surface area contributed by atoms with E-state index in [4.69, 9.17) is 4.74 Å². The molecule has 0 radical (unpaired) electrons. The van der Waals surface area contributed by atoms with Gasteiger partial charge in [0.25, 0.3) is 5.91 Å². The summed E-state index contributed by atoms with van der Waals surface area (Å²) in [6.45, 7) is 5.13. The Hall–Kier alpha value is -1.39. The van der Waals surface area contributed by atoms with Crippen LogP contribution < -0.4 is 10.6 Å². The van der Waals surface area contributed by atoms with E-state index in [-0.39, 0.29) is 11.3 Å². The van der Waals surface area contributed by atoms with Crippen molar-refractivity contribution in [2.24, 2.45) is 5.41 Å². The first-order valence-corrected chi connectivity index (χ1v) is 6.73. The van der Waals surface area contributed by atoms with Crippen LogP contribution in [0, 0.1) is 5.41 Å². The molecule has 0 aromatic heterocycles. The monoisotopic (exact) mass is 262 g/mol. The highest BCUT2D eigenvalue weighted by Gasteiger charge is 2.33. The van der Waals surface area contributed by atoms with Gasteiger partial charge in [-0.05, 0) is 31.6 Å². The second kappa shape index (κ2) is 6.17. The van der Waals surface area contributed by atoms with Crippen molar-refractivity contribution in [1.29, 1.82) is 0 Å². The highest BCUT2D eigenvalue weighted by atomic mass is 16.5. The van der Waals surface area contributed by atoms with Crippen LogP contribution in [0.1, 0.15) is 22.8 Å². The SMILES string of the molecule is CNCCc1ccccc1C(=O)NCC1(C)COC1. The Kier molecular flexibility index (Phi) is 4.56. The molecule has 2 rings (SSSR count). The number of likely N-dealkylation sites (N-methyl/N-ethyl adjacent to an activating group) is 1. The maximum absolute atomic E-state index is 12.2. The van der Waals surface area contributed by atoms with Crippen LogP contribution >= 0.6 is 0 Å². The summed E-state index contributed by atoms with van der Waals surface area (Å²) in [5, 5.41) is 6.13. The summed E-state index contributed by atoms with van der Waals surface area (Å²) in [7, 11) is 1.92. The number of hydrogen-bond acceptors (Lipinski definition) is 3. The lowest BCUT2D eigenvalue weighted by Gasteiger charge is -2.38. The van der Waals surface area contributed by atoms with Crippen molar-refractivity contribution in [3.8, 4) is 0 Å². The van der Waals surface area contributed by atoms with Crippen LogP contribution in [0.3, 0.4) is 0 Å². The molecule has 1 heterocycles. The van der Waals surface area contributed by atoms with E-state index in [0.29, 0.717) is 6.54 Å². The van der Waals surface area contributed by atoms with E-state index in [9.17, 15) is 4.79 Å². The molecule has 1 saturated heterocycles. The minimum absolute atomic E-state index is 0.0137. The number of carbonyl (C=O) groups excluding carboxylic acids is 1. The Balaban J connectivity index is 1.97. The van der Waals surface area contributed by atoms with Gasteiger partial charge in [-0.2, -0.15) is 0 Å². The standard InChI is InChI=1S/C15H22N2O2/c1-15(10-19-11-15)9-17-14(18)13-6-4-3-5-12(13)7-8-16-2/h3-6,16H,7-11H2,1-2H3,(H,17,18). The van der Waals surface area contributed by atoms with E-state index >= 15 is 0 Å². The second-order valence-corrected chi connectivity index (χ2v) is 5.50. The van der Waals surface area contributed by atoms with E-state index < -0.39 is 0 Å². The zero-order chi connectivity index (χ0) is 13.7. The average molecular weight is 262 g/mol. The molecule has 0 saturated carbocycles. The molecular formula is C15H22N2O2. The predicted octanol–water partition coefficient (Wildman–Crippen LogP) is 1.21. The fourth-order valence-electron chi connectivity index (χ4n) is 2.16. The highest BCUT2D eigenvalue weighted by Crippen LogP contribution is 2.25. The molecule has 1 aromatic carbocycles. The Morgan fingerprint density at radius 2 is 2.11 bits per heavy atom. The smallest absolute Gasteiger partial charge is 0.251 e. The molecule has 4 nitrogen and oxygen atoms in total. The Bertz CT molecular complexity index is 442. The maximum atomic E-state index is 12.2. The third-order valence-electron chi connectivity index (χ3n) is 3.48. The molecule has 1 fully saturated rings. The molecule has 1 aromatic rings. The molecule has 0 unspecified atom stereocenters. The number of carbonyl (C=O) groups is 1. The molecular weight excluding hydrogens is 240 g/mol. The lowest BCUT2D eigenvalue weighted by atomic mass is 9.88. The van der Waals surface area contributed by atoms with Gasteiger partial charge in [-0.15, -0.1) is 0 Å². The fraction of sp³-hybridized carbons (Fsp3) is 0.533. The maximum Gasteiger partial charge on any atom is 0.251 e. The molecule has 0 bridgehead atoms. The summed E-state index contributed by atoms with van der Waals surface area (Å²) in [4.78, 5) is 12.2. The number of nitrogens with one attached hydrogen (secondary N) is 2. The van der Waals surface area contributed by atoms with Gasteiger partial charge >= 0.3 is 0 Å². The van der Waals surface area contributed by atoms with Crippen molar-refractivity contribution in [2.75, 3.05) is 33.4 Å². The third-order valence-corrected chi connectivity index (χ3v) is 3.48. The second-order valence-electron chi connectivity index (χ2n) is 5.50. The van der Waals surface area contributed by atoms with Crippen LogP contribution in [0.4, 0.5) is 0 Å². The van der Waals surface area contributed by atoms with Crippen LogP contribution in [0.15, 0.2) is 24.3 Å². The first-order valence-electron chi connectivity index (χ1n) is 6.73. The van der Waals surface area contributed by atoms with Crippen LogP contribution in [0.25, 0.3) is 0 Å². The van der Waals surface area contributed by atoms with E-state index in [0.717, 1.165) is 37.3 Å². The predicted molar refractivity (Wildman–Crippen MR) is 75.3 cm³/mol. The van der Waals surface area contributed by atoms with Gasteiger partial charge in [-0.1, -0.05) is 25.1 Å². The number of benzene rings is 1. The van der Waals surface area contributed by atoms with Crippen molar-refractivity contribution in [1.82, 2.24) is 10.6 Å². The summed E-state index contributed by atoms with van der Waals surface area (Å²) in [5.74, 6) is 0.0137. The van der Waals surface area contributed by atoms with E-state index in [2.05, 4.69) is 17.6 Å². The van der Waals surface area contributed by atoms with Crippen molar-refractivity contribution < 1.29 is 9.53 Å². The molecule has 2 N–H and O–H groups in total. The molecule has 0 spiro atoms. The Morgan fingerprint density at radius 3 is 2.74 bits per heavy atom. The fourth-order valence-corrected chi connectivity index (χ4v) is 2.16. The van der Waals surface area contributed by atoms with Crippen molar-refractivity contribution in [3.05, 3.63) is 35.4 Å². The van der Waals surface area contributed by atoms with Crippen LogP contribution in [-0.4, -0.2) is 39.3 Å². The number of hydrogen-bond donors (Lipinski definition) is 2. The van der Waals surface area contributed by atoms with Gasteiger partial charge in [0.2, 0.25) is 0 Å². The summed E-state index contributed by atoms with van der Waals surface area (Å²) < 4.78 is 5.19. The van der Waals surface area contributed by atoms with E-state index in [1.165, 1.54) is 0 Å². The molecule has 0 aliphatic carbocycles. The molecule has 4 heteroatoms. The van der Waals surface area contributed by atoms with Gasteiger partial charge in [0, 0.05) is 17.5 Å². The van der Waals surface area contributed by atoms with Gasteiger partial charge in [0.1, 0.15) is 0 Å². The summed E-state index contributed by atoms with van der Waals surface area (Å²) in [6, 6.07) is 7.79. The Morgan fingerprint density at radius 1 is 1.37 bits per heavy atom. The van der Waals surface area contributed by atoms with Gasteiger partial charge < -0.3 is 15.4 Å². The zero-order valence-electron chi connectivity index (χ0n) is 11.7. The number of rotatable bonds is 6. The quantitative estimate of drug-likeness (QED) is 0.810. The van der Waals surface area contributed by atoms with Crippen molar-refractivity contribution >= 4 is 5.91 Å². The van der Waals surface area contributed by atoms with Crippen molar-refractivity contribution in [3.63, 3.8) is 0 Å². The summed E-state index contributed by atoms with van der Waals surface area (Å²) in [6.07, 6.45) is 0.862. The van der Waals surface area contributed by atoms with Gasteiger partial charge in [-0.25, -0.2) is 0 Å². The highest BCUT2D eigenvalue weighted by molar-refractivity contribution is 5.95. The third kappa shape index (κ3) is 3.55. The molecule has 1 aliphatic heterocycles. The minimum atomic E-state index is 0.0137. The van der Waals surface area contributed by atoms with Crippen LogP contribution in [0.5, 0.6) is 0 Å². The van der Waals surface area contributed by atoms with E-state index in [1.54, 1.807) is 0 Å². The molecule has 19 heavy (non-hydrogen) atoms. The minimum Gasteiger partial charge on any atom is -0.380 e. The van der Waals surface area contributed by atoms with E-state index in [1.807, 2.05) is 31.3 Å². The molecule has 1 amide bonds. The zero-order valence-corrected chi connectivity index (χ0v) is 11.7. The van der Waals surface area contributed by atoms with Gasteiger partial charge in [0.05, 0.1) is 13.2 Å². The first-order chi connectivity index (χ1) is 9.14. The van der Waals surface area contributed by atoms with Crippen LogP contribution in [0.2, 0.25) is 0 Å². The first kappa shape index (κ1) is 14.0. The average Bonchev–Trinajstić information content (AvgIpc) is 2.40. The topological polar surface area (TPSA) is 50.4 Å². The molecule has 0 atom stereocenters. The van der Waals surface area contributed by atoms with Gasteiger partial charge in [-0.3, -0.25) is 4.79 Å². The number of ether oxygens (including phenoxy) is 1. The molecule has 1 aliphatic rings. The van der Waals surface area contributed by atoms with Crippen molar-refractivity contribution in [2.45, 2.75) is 13.3 Å². The summed E-state index contributed by atoms with van der Waals surface area (Å²) in [5.41, 5.74) is 1.97. The lowest BCUT2D eigenvalue weighted by Crippen LogP contribution is -2.48. The lowest BCUT2D eigenvalue weighted by molar-refractivity contribution is -0.0978. The normalized spacial score (nSPS) is 16.7. The number of amides is 1. The van der Waals surface area contributed by atoms with Crippen LogP contribution in [-0.2, 0) is 11.2 Å². The molecule has 104 valence electrons. The summed E-state index contributed by atoms with van der Waals surface area (Å²) >= 11 is 0. The largest absolute Gasteiger partial charge is 0.380 e.